The summed E-state index contributed by atoms with van der Waals surface area (Å²) in [6.45, 7) is 1.10. The lowest BCUT2D eigenvalue weighted by Crippen LogP contribution is -2.87. The Bertz CT molecular complexity index is 1000. The molecule has 6 atom stereocenters. The lowest BCUT2D eigenvalue weighted by Gasteiger charge is -2.75. The van der Waals surface area contributed by atoms with Gasteiger partial charge in [-0.3, -0.25) is 4.79 Å². The van der Waals surface area contributed by atoms with Gasteiger partial charge in [0.1, 0.15) is 12.2 Å². The van der Waals surface area contributed by atoms with Crippen LogP contribution in [0.3, 0.4) is 0 Å². The fourth-order valence-electron chi connectivity index (χ4n) is 8.22. The maximum absolute atomic E-state index is 12.9. The number of aromatic hydroxyl groups is 1. The molecular weight excluding hydrogens is 358 g/mol. The first kappa shape index (κ1) is 15.8. The first-order valence-electron chi connectivity index (χ1n) is 10.1. The van der Waals surface area contributed by atoms with Gasteiger partial charge in [0.15, 0.2) is 17.1 Å². The van der Waals surface area contributed by atoms with E-state index < -0.39 is 17.1 Å². The lowest BCUT2D eigenvalue weighted by atomic mass is 9.33. The Kier molecular flexibility index (Phi) is 2.41. The maximum atomic E-state index is 12.9. The Balaban J connectivity index is 1.67. The molecule has 3 heterocycles. The molecular formula is C22H23NO5. The molecule has 1 aromatic rings. The summed E-state index contributed by atoms with van der Waals surface area (Å²) in [6, 6.07) is 4.08. The lowest BCUT2D eigenvalue weighted by molar-refractivity contribution is -0.298. The van der Waals surface area contributed by atoms with E-state index in [1.807, 2.05) is 0 Å². The van der Waals surface area contributed by atoms with Crippen LogP contribution < -0.4 is 4.74 Å². The van der Waals surface area contributed by atoms with Crippen LogP contribution in [0.2, 0.25) is 0 Å². The topological polar surface area (TPSA) is 68.2 Å². The van der Waals surface area contributed by atoms with Crippen LogP contribution in [0.25, 0.3) is 0 Å². The SMILES string of the molecule is COC12C=CC34CC1C(=O)OCC21Oc2c(O)ccc5c2C31CCN(C)C4C5. The Morgan fingerprint density at radius 2 is 2.18 bits per heavy atom. The van der Waals surface area contributed by atoms with Crippen molar-refractivity contribution in [3.8, 4) is 11.5 Å². The van der Waals surface area contributed by atoms with E-state index in [0.717, 1.165) is 24.9 Å². The monoisotopic (exact) mass is 381 g/mol. The third-order valence-electron chi connectivity index (χ3n) is 9.15. The normalized spacial score (nSPS) is 48.9. The number of ether oxygens (including phenoxy) is 3. The predicted octanol–water partition coefficient (Wildman–Crippen LogP) is 1.54. The van der Waals surface area contributed by atoms with Crippen molar-refractivity contribution in [2.24, 2.45) is 11.3 Å². The zero-order valence-electron chi connectivity index (χ0n) is 16.0. The highest BCUT2D eigenvalue weighted by Crippen LogP contribution is 2.79. The van der Waals surface area contributed by atoms with E-state index in [-0.39, 0.29) is 35.2 Å². The van der Waals surface area contributed by atoms with Crippen molar-refractivity contribution in [2.75, 3.05) is 27.3 Å². The molecule has 0 aromatic heterocycles. The van der Waals surface area contributed by atoms with Gasteiger partial charge in [-0.1, -0.05) is 18.2 Å². The van der Waals surface area contributed by atoms with E-state index in [4.69, 9.17) is 14.2 Å². The number of phenols is 1. The first-order chi connectivity index (χ1) is 13.5. The Morgan fingerprint density at radius 3 is 3.00 bits per heavy atom. The van der Waals surface area contributed by atoms with Crippen molar-refractivity contribution in [1.82, 2.24) is 4.90 Å². The molecule has 1 aromatic carbocycles. The van der Waals surface area contributed by atoms with Crippen LogP contribution in [0.4, 0.5) is 0 Å². The number of nitrogens with zero attached hydrogens (tertiary/aromatic N) is 1. The quantitative estimate of drug-likeness (QED) is 0.588. The number of rotatable bonds is 1. The molecule has 7 aliphatic rings. The van der Waals surface area contributed by atoms with E-state index in [1.54, 1.807) is 13.2 Å². The van der Waals surface area contributed by atoms with Crippen molar-refractivity contribution in [1.29, 1.82) is 0 Å². The van der Waals surface area contributed by atoms with Gasteiger partial charge in [-0.05, 0) is 44.5 Å². The summed E-state index contributed by atoms with van der Waals surface area (Å²) >= 11 is 0. The summed E-state index contributed by atoms with van der Waals surface area (Å²) in [4.78, 5) is 15.3. The van der Waals surface area contributed by atoms with Crippen molar-refractivity contribution < 1.29 is 24.1 Å². The van der Waals surface area contributed by atoms with Crippen LogP contribution in [0.1, 0.15) is 24.0 Å². The van der Waals surface area contributed by atoms with Crippen LogP contribution in [0.15, 0.2) is 24.3 Å². The molecule has 3 spiro atoms. The molecule has 146 valence electrons. The molecule has 3 aliphatic heterocycles. The fourth-order valence-corrected chi connectivity index (χ4v) is 8.22. The zero-order chi connectivity index (χ0) is 19.1. The minimum absolute atomic E-state index is 0.159. The third-order valence-corrected chi connectivity index (χ3v) is 9.15. The molecule has 28 heavy (non-hydrogen) atoms. The molecule has 8 rings (SSSR count). The van der Waals surface area contributed by atoms with E-state index in [0.29, 0.717) is 12.2 Å². The van der Waals surface area contributed by atoms with Gasteiger partial charge in [-0.15, -0.1) is 0 Å². The Hall–Kier alpha value is -2.05. The molecule has 3 fully saturated rings. The summed E-state index contributed by atoms with van der Waals surface area (Å²) in [6.07, 6.45) is 6.91. The molecule has 0 radical (unpaired) electrons. The summed E-state index contributed by atoms with van der Waals surface area (Å²) in [5.41, 5.74) is 0.0874. The second-order valence-electron chi connectivity index (χ2n) is 9.47. The van der Waals surface area contributed by atoms with E-state index >= 15 is 0 Å². The Labute approximate surface area is 163 Å². The van der Waals surface area contributed by atoms with E-state index in [1.165, 1.54) is 5.56 Å². The molecule has 1 N–H and O–H groups in total. The average Bonchev–Trinajstić information content (AvgIpc) is 3.02. The molecule has 6 heteroatoms. The number of esters is 1. The molecule has 0 amide bonds. The number of hydrogen-bond donors (Lipinski definition) is 1. The van der Waals surface area contributed by atoms with Gasteiger partial charge in [-0.2, -0.15) is 0 Å². The number of piperidine rings is 1. The predicted molar refractivity (Wildman–Crippen MR) is 98.3 cm³/mol. The van der Waals surface area contributed by atoms with Crippen molar-refractivity contribution in [3.63, 3.8) is 0 Å². The highest BCUT2D eigenvalue weighted by molar-refractivity contribution is 5.81. The van der Waals surface area contributed by atoms with Gasteiger partial charge >= 0.3 is 5.97 Å². The second kappa shape index (κ2) is 4.26. The van der Waals surface area contributed by atoms with Crippen LogP contribution in [0.5, 0.6) is 11.5 Å². The van der Waals surface area contributed by atoms with E-state index in [9.17, 15) is 9.90 Å². The maximum Gasteiger partial charge on any atom is 0.312 e. The minimum Gasteiger partial charge on any atom is -0.504 e. The van der Waals surface area contributed by atoms with Crippen molar-refractivity contribution in [3.05, 3.63) is 35.4 Å². The molecule has 2 saturated heterocycles. The van der Waals surface area contributed by atoms with E-state index in [2.05, 4.69) is 30.2 Å². The van der Waals surface area contributed by atoms with Gasteiger partial charge in [-0.25, -0.2) is 0 Å². The van der Waals surface area contributed by atoms with Crippen LogP contribution in [-0.4, -0.2) is 60.5 Å². The van der Waals surface area contributed by atoms with Crippen molar-refractivity contribution in [2.45, 2.75) is 41.9 Å². The average molecular weight is 381 g/mol. The van der Waals surface area contributed by atoms with Crippen molar-refractivity contribution >= 4 is 5.97 Å². The number of carbonyl (C=O) groups excluding carboxylic acids is 1. The molecule has 6 nitrogen and oxygen atoms in total. The number of hydrogen-bond acceptors (Lipinski definition) is 6. The number of likely N-dealkylation sites (N-methyl/N-ethyl adjacent to an activating group) is 1. The van der Waals surface area contributed by atoms with Gasteiger partial charge < -0.3 is 24.2 Å². The zero-order valence-corrected chi connectivity index (χ0v) is 16.0. The largest absolute Gasteiger partial charge is 0.504 e. The van der Waals surface area contributed by atoms with Crippen LogP contribution >= 0.6 is 0 Å². The molecule has 4 aliphatic carbocycles. The summed E-state index contributed by atoms with van der Waals surface area (Å²) in [7, 11) is 3.87. The molecule has 6 bridgehead atoms. The highest BCUT2D eigenvalue weighted by Gasteiger charge is 2.88. The number of benzene rings is 1. The van der Waals surface area contributed by atoms with Gasteiger partial charge in [0.2, 0.25) is 0 Å². The minimum atomic E-state index is -0.870. The van der Waals surface area contributed by atoms with Gasteiger partial charge in [0.25, 0.3) is 0 Å². The number of cyclic esters (lactones) is 1. The van der Waals surface area contributed by atoms with Gasteiger partial charge in [0.05, 0.1) is 11.3 Å². The van der Waals surface area contributed by atoms with Crippen LogP contribution in [0, 0.1) is 11.3 Å². The Morgan fingerprint density at radius 1 is 1.32 bits per heavy atom. The highest BCUT2D eigenvalue weighted by atomic mass is 16.6. The smallest absolute Gasteiger partial charge is 0.312 e. The summed E-state index contributed by atoms with van der Waals surface area (Å²) in [5, 5.41) is 10.7. The number of methoxy groups -OCH3 is 1. The fraction of sp³-hybridized carbons (Fsp3) is 0.591. The summed E-state index contributed by atoms with van der Waals surface area (Å²) < 4.78 is 18.7. The second-order valence-corrected chi connectivity index (χ2v) is 9.47. The van der Waals surface area contributed by atoms with Crippen LogP contribution in [-0.2, 0) is 26.1 Å². The number of likely N-dealkylation sites (tertiary alicyclic amines) is 1. The standard InChI is InChI=1S/C22H23NO5/c1-23-8-7-20-16-12-3-4-14(24)17(16)28-22(20)11-27-18(25)13-10-19(20,15(23)9-12)5-6-21(13,22)26-2/h3-6,13,15,24H,7-11H2,1-2H3. The number of phenolic OH excluding ortho intramolecular Hbond substituents is 1. The number of carbonyl (C=O) groups is 1. The van der Waals surface area contributed by atoms with Gasteiger partial charge in [0, 0.05) is 24.1 Å². The first-order valence-corrected chi connectivity index (χ1v) is 10.1. The molecule has 1 saturated carbocycles. The summed E-state index contributed by atoms with van der Waals surface area (Å²) in [5.74, 6) is 0.162. The third kappa shape index (κ3) is 1.17. The molecule has 6 unspecified atom stereocenters.